The van der Waals surface area contributed by atoms with E-state index in [-0.39, 0.29) is 18.0 Å². The molecule has 2 amide bonds. The molecule has 2 fully saturated rings. The lowest BCUT2D eigenvalue weighted by molar-refractivity contribution is -0.191. The number of fused-ring (bicyclic) bond motifs is 1. The minimum absolute atomic E-state index is 0.106. The summed E-state index contributed by atoms with van der Waals surface area (Å²) in [5, 5.41) is 22.1. The zero-order valence-corrected chi connectivity index (χ0v) is 28.8. The van der Waals surface area contributed by atoms with Crippen LogP contribution in [0.2, 0.25) is 0 Å². The summed E-state index contributed by atoms with van der Waals surface area (Å²) < 4.78 is 0. The molecule has 0 unspecified atom stereocenters. The predicted molar refractivity (Wildman–Crippen MR) is 187 cm³/mol. The van der Waals surface area contributed by atoms with Crippen molar-refractivity contribution in [2.24, 2.45) is 11.5 Å². The molecule has 0 aliphatic carbocycles. The van der Waals surface area contributed by atoms with Crippen molar-refractivity contribution in [3.8, 4) is 0 Å². The molecule has 13 heteroatoms. The Balaban J connectivity index is 0.000000343. The summed E-state index contributed by atoms with van der Waals surface area (Å²) >= 11 is 0. The molecule has 0 aromatic heterocycles. The fourth-order valence-electron chi connectivity index (χ4n) is 6.39. The van der Waals surface area contributed by atoms with Gasteiger partial charge in [-0.1, -0.05) is 67.1 Å². The first-order valence-corrected chi connectivity index (χ1v) is 17.5. The smallest absolute Gasteiger partial charge is 0.373 e. The normalized spacial score (nSPS) is 17.7. The van der Waals surface area contributed by atoms with Crippen LogP contribution in [0.15, 0.2) is 60.7 Å². The van der Waals surface area contributed by atoms with Crippen molar-refractivity contribution >= 4 is 29.9 Å². The summed E-state index contributed by atoms with van der Waals surface area (Å²) in [5.41, 5.74) is 13.3. The highest BCUT2D eigenvalue weighted by atomic mass is 16.4. The molecule has 4 rings (SSSR count). The number of aryl methyl sites for hydroxylation is 2. The van der Waals surface area contributed by atoms with Crippen LogP contribution in [-0.4, -0.2) is 100 Å². The molecule has 0 saturated carbocycles. The average Bonchev–Trinajstić information content (AvgIpc) is 3.61. The Bertz CT molecular complexity index is 1340. The zero-order chi connectivity index (χ0) is 36.7. The predicted octanol–water partition coefficient (Wildman–Crippen LogP) is 2.61. The van der Waals surface area contributed by atoms with Gasteiger partial charge in [0.2, 0.25) is 11.8 Å². The number of hydrogen-bond donors (Lipinski definition) is 5. The standard InChI is InChI=1S/C21H29N3O4.C15H24N2O2.CO2/c22-13-5-4-9-17-19(25)23-14-6-10-16(23)20(26)24(17)18(21(27)28)12-11-15-7-2-1-3-8-15;16-11-5-4-10-14(15(18)19)17-12-6-9-13-7-2-1-3-8-13;2-1-3/h1-3,7-8,16-18H,4-6,9-14,22H2,(H,27,28);1-3,7-8,14,17H,4-6,9-12,16H2,(H,18,19);/t16-,17-,18+;14-;/m00./s1. The molecule has 274 valence electrons. The van der Waals surface area contributed by atoms with Gasteiger partial charge in [-0.05, 0) is 101 Å². The van der Waals surface area contributed by atoms with E-state index in [1.807, 2.05) is 48.5 Å². The Morgan fingerprint density at radius 2 is 1.38 bits per heavy atom. The second-order valence-electron chi connectivity index (χ2n) is 12.4. The van der Waals surface area contributed by atoms with E-state index in [4.69, 9.17) is 26.2 Å². The van der Waals surface area contributed by atoms with Crippen LogP contribution in [0.3, 0.4) is 0 Å². The number of hydrogen-bond acceptors (Lipinski definition) is 9. The van der Waals surface area contributed by atoms with Crippen LogP contribution >= 0.6 is 0 Å². The van der Waals surface area contributed by atoms with Gasteiger partial charge >= 0.3 is 18.1 Å². The van der Waals surface area contributed by atoms with Gasteiger partial charge in [0, 0.05) is 6.54 Å². The second kappa shape index (κ2) is 23.9. The van der Waals surface area contributed by atoms with Crippen molar-refractivity contribution in [2.45, 2.75) is 101 Å². The van der Waals surface area contributed by atoms with E-state index >= 15 is 0 Å². The van der Waals surface area contributed by atoms with Gasteiger partial charge in [-0.3, -0.25) is 14.4 Å². The Labute approximate surface area is 294 Å². The monoisotopic (exact) mass is 695 g/mol. The quantitative estimate of drug-likeness (QED) is 0.135. The highest BCUT2D eigenvalue weighted by molar-refractivity contribution is 5.99. The van der Waals surface area contributed by atoms with Crippen molar-refractivity contribution in [1.29, 1.82) is 0 Å². The fourth-order valence-corrected chi connectivity index (χ4v) is 6.39. The first-order valence-electron chi connectivity index (χ1n) is 17.5. The summed E-state index contributed by atoms with van der Waals surface area (Å²) in [7, 11) is 0. The minimum Gasteiger partial charge on any atom is -0.480 e. The Hall–Kier alpha value is -4.42. The number of unbranched alkanes of at least 4 members (excludes halogenated alkanes) is 2. The van der Waals surface area contributed by atoms with Gasteiger partial charge in [0.05, 0.1) is 0 Å². The highest BCUT2D eigenvalue weighted by Crippen LogP contribution is 2.31. The minimum atomic E-state index is -1.05. The number of carboxylic acid groups (broad SMARTS) is 2. The molecule has 2 aromatic rings. The van der Waals surface area contributed by atoms with E-state index in [0.717, 1.165) is 50.6 Å². The van der Waals surface area contributed by atoms with Gasteiger partial charge in [-0.25, -0.2) is 4.79 Å². The lowest BCUT2D eigenvalue weighted by atomic mass is 9.95. The van der Waals surface area contributed by atoms with E-state index in [1.165, 1.54) is 10.5 Å². The number of nitrogens with zero attached hydrogens (tertiary/aromatic N) is 2. The Morgan fingerprint density at radius 3 is 1.94 bits per heavy atom. The van der Waals surface area contributed by atoms with Gasteiger partial charge in [-0.15, -0.1) is 0 Å². The molecule has 50 heavy (non-hydrogen) atoms. The number of nitrogens with one attached hydrogen (secondary N) is 1. The molecule has 2 heterocycles. The van der Waals surface area contributed by atoms with Crippen molar-refractivity contribution in [3.63, 3.8) is 0 Å². The van der Waals surface area contributed by atoms with Gasteiger partial charge in [0.15, 0.2) is 0 Å². The number of rotatable bonds is 19. The van der Waals surface area contributed by atoms with Crippen LogP contribution in [0.25, 0.3) is 0 Å². The first-order chi connectivity index (χ1) is 24.2. The lowest BCUT2D eigenvalue weighted by Gasteiger charge is -2.45. The molecule has 13 nitrogen and oxygen atoms in total. The number of carbonyl (C=O) groups is 4. The van der Waals surface area contributed by atoms with Crippen LogP contribution in [0.4, 0.5) is 0 Å². The number of piperazine rings is 1. The largest absolute Gasteiger partial charge is 0.480 e. The zero-order valence-electron chi connectivity index (χ0n) is 28.8. The number of carboxylic acids is 2. The van der Waals surface area contributed by atoms with Gasteiger partial charge < -0.3 is 36.8 Å². The number of carbonyl (C=O) groups excluding carboxylic acids is 4. The molecular formula is C37H53N5O8. The van der Waals surface area contributed by atoms with Crippen LogP contribution in [-0.2, 0) is 41.6 Å². The molecule has 0 spiro atoms. The SMILES string of the molecule is NCCCC[C@H](NCCCc1ccccc1)C(=O)O.NCCCC[C@H]1C(=O)N2CCC[C@H]2C(=O)N1[C@H](CCc1ccccc1)C(=O)O.O=C=O. The molecule has 0 bridgehead atoms. The first kappa shape index (κ1) is 41.7. The maximum atomic E-state index is 13.2. The van der Waals surface area contributed by atoms with E-state index in [9.17, 15) is 24.3 Å². The van der Waals surface area contributed by atoms with E-state index < -0.39 is 36.1 Å². The molecule has 0 radical (unpaired) electrons. The number of amides is 2. The molecule has 7 N–H and O–H groups in total. The molecule has 4 atom stereocenters. The van der Waals surface area contributed by atoms with Crippen LogP contribution in [0.5, 0.6) is 0 Å². The molecule has 2 aromatic carbocycles. The maximum Gasteiger partial charge on any atom is 0.373 e. The van der Waals surface area contributed by atoms with Crippen molar-refractivity contribution in [3.05, 3.63) is 71.8 Å². The number of aliphatic carboxylic acids is 2. The summed E-state index contributed by atoms with van der Waals surface area (Å²) in [6.45, 7) is 2.45. The van der Waals surface area contributed by atoms with Crippen molar-refractivity contribution < 1.29 is 39.0 Å². The number of nitrogens with two attached hydrogens (primary N) is 2. The topological polar surface area (TPSA) is 213 Å². The van der Waals surface area contributed by atoms with E-state index in [1.54, 1.807) is 4.90 Å². The Kier molecular flexibility index (Phi) is 19.9. The van der Waals surface area contributed by atoms with Gasteiger partial charge in [0.25, 0.3) is 0 Å². The summed E-state index contributed by atoms with van der Waals surface area (Å²) in [5.74, 6) is -2.13. The van der Waals surface area contributed by atoms with Crippen molar-refractivity contribution in [1.82, 2.24) is 15.1 Å². The van der Waals surface area contributed by atoms with Crippen molar-refractivity contribution in [2.75, 3.05) is 26.2 Å². The molecular weight excluding hydrogens is 642 g/mol. The third-order valence-corrected chi connectivity index (χ3v) is 8.92. The third-order valence-electron chi connectivity index (χ3n) is 8.92. The van der Waals surface area contributed by atoms with E-state index in [0.29, 0.717) is 58.2 Å². The lowest BCUT2D eigenvalue weighted by Crippen LogP contribution is -2.66. The molecule has 2 aliphatic heterocycles. The maximum absolute atomic E-state index is 13.2. The summed E-state index contributed by atoms with van der Waals surface area (Å²) in [6.07, 6.45) is 8.70. The summed E-state index contributed by atoms with van der Waals surface area (Å²) in [4.78, 5) is 68.7. The van der Waals surface area contributed by atoms with Crippen LogP contribution < -0.4 is 16.8 Å². The number of benzene rings is 2. The van der Waals surface area contributed by atoms with Gasteiger partial charge in [-0.2, -0.15) is 9.59 Å². The molecule has 2 aliphatic rings. The second-order valence-corrected chi connectivity index (χ2v) is 12.4. The highest BCUT2D eigenvalue weighted by Gasteiger charge is 2.50. The van der Waals surface area contributed by atoms with Gasteiger partial charge in [0.1, 0.15) is 24.2 Å². The van der Waals surface area contributed by atoms with Crippen LogP contribution in [0, 0.1) is 0 Å². The Morgan fingerprint density at radius 1 is 0.800 bits per heavy atom. The fraction of sp³-hybridized carbons (Fsp3) is 0.541. The molecule has 2 saturated heterocycles. The van der Waals surface area contributed by atoms with Crippen LogP contribution in [0.1, 0.15) is 75.3 Å². The third kappa shape index (κ3) is 13.8. The summed E-state index contributed by atoms with van der Waals surface area (Å²) in [6, 6.07) is 17.2. The average molecular weight is 696 g/mol. The van der Waals surface area contributed by atoms with E-state index in [2.05, 4.69) is 17.4 Å².